The predicted octanol–water partition coefficient (Wildman–Crippen LogP) is 5.52. The van der Waals surface area contributed by atoms with Crippen LogP contribution >= 0.6 is 23.2 Å². The maximum Gasteiger partial charge on any atom is 0.179 e. The van der Waals surface area contributed by atoms with Crippen molar-refractivity contribution >= 4 is 55.3 Å². The van der Waals surface area contributed by atoms with Crippen molar-refractivity contribution in [1.29, 1.82) is 0 Å². The van der Waals surface area contributed by atoms with E-state index in [0.717, 1.165) is 17.4 Å². The van der Waals surface area contributed by atoms with Gasteiger partial charge in [0.25, 0.3) is 0 Å². The molecule has 164 valence electrons. The molecule has 0 saturated heterocycles. The van der Waals surface area contributed by atoms with Crippen molar-refractivity contribution in [2.45, 2.75) is 11.4 Å². The Morgan fingerprint density at radius 3 is 2.25 bits per heavy atom. The molecule has 4 N–H and O–H groups in total. The molecule has 32 heavy (non-hydrogen) atoms. The van der Waals surface area contributed by atoms with Gasteiger partial charge in [-0.1, -0.05) is 41.4 Å². The molecule has 0 fully saturated rings. The zero-order valence-corrected chi connectivity index (χ0v) is 19.3. The number of sulfone groups is 1. The molecule has 0 bridgehead atoms. The Morgan fingerprint density at radius 1 is 1.00 bits per heavy atom. The van der Waals surface area contributed by atoms with Gasteiger partial charge in [-0.15, -0.1) is 0 Å². The van der Waals surface area contributed by atoms with E-state index < -0.39 is 9.84 Å². The second-order valence-electron chi connectivity index (χ2n) is 7.32. The monoisotopic (exact) mass is 487 g/mol. The Labute approximate surface area is 195 Å². The lowest BCUT2D eigenvalue weighted by Gasteiger charge is -2.15. The summed E-state index contributed by atoms with van der Waals surface area (Å²) in [7, 11) is -3.57. The van der Waals surface area contributed by atoms with E-state index >= 15 is 0 Å². The van der Waals surface area contributed by atoms with Gasteiger partial charge in [0.2, 0.25) is 0 Å². The average molecular weight is 488 g/mol. The molecule has 0 aliphatic rings. The molecule has 0 saturated carbocycles. The predicted molar refractivity (Wildman–Crippen MR) is 130 cm³/mol. The van der Waals surface area contributed by atoms with Crippen LogP contribution in [0, 0.1) is 0 Å². The van der Waals surface area contributed by atoms with Crippen LogP contribution in [0.4, 0.5) is 11.4 Å². The molecule has 0 radical (unpaired) electrons. The number of rotatable bonds is 5. The molecule has 1 aromatic heterocycles. The van der Waals surface area contributed by atoms with Crippen molar-refractivity contribution in [3.05, 3.63) is 76.4 Å². The summed E-state index contributed by atoms with van der Waals surface area (Å²) in [5, 5.41) is 13.9. The SMILES string of the molecule is CS(=O)(=O)c1cnc2ccc(-c3cc(Cl)c(O)c(Cl)c3)cc2c1Nc1ccc(CN)cc1. The number of pyridine rings is 1. The van der Waals surface area contributed by atoms with Gasteiger partial charge in [0.15, 0.2) is 15.6 Å². The van der Waals surface area contributed by atoms with E-state index in [1.54, 1.807) is 18.2 Å². The van der Waals surface area contributed by atoms with E-state index in [1.807, 2.05) is 36.4 Å². The molecule has 0 atom stereocenters. The van der Waals surface area contributed by atoms with Crippen LogP contribution in [0.2, 0.25) is 10.0 Å². The summed E-state index contributed by atoms with van der Waals surface area (Å²) in [6.07, 6.45) is 2.49. The van der Waals surface area contributed by atoms with E-state index in [-0.39, 0.29) is 20.7 Å². The number of nitrogens with zero attached hydrogens (tertiary/aromatic N) is 1. The first kappa shape index (κ1) is 22.4. The first-order valence-electron chi connectivity index (χ1n) is 9.54. The van der Waals surface area contributed by atoms with Gasteiger partial charge in [0.05, 0.1) is 21.2 Å². The number of hydrogen-bond donors (Lipinski definition) is 3. The lowest BCUT2D eigenvalue weighted by molar-refractivity contribution is 0.476. The van der Waals surface area contributed by atoms with Crippen LogP contribution in [-0.4, -0.2) is 24.8 Å². The molecule has 0 amide bonds. The van der Waals surface area contributed by atoms with Gasteiger partial charge in [-0.05, 0) is 53.1 Å². The van der Waals surface area contributed by atoms with Gasteiger partial charge in [-0.25, -0.2) is 8.42 Å². The number of fused-ring (bicyclic) bond motifs is 1. The van der Waals surface area contributed by atoms with Crippen LogP contribution in [0.5, 0.6) is 5.75 Å². The molecule has 0 aliphatic carbocycles. The normalized spacial score (nSPS) is 11.6. The van der Waals surface area contributed by atoms with Crippen molar-refractivity contribution in [2.75, 3.05) is 11.6 Å². The van der Waals surface area contributed by atoms with Crippen molar-refractivity contribution in [2.24, 2.45) is 5.73 Å². The van der Waals surface area contributed by atoms with Gasteiger partial charge >= 0.3 is 0 Å². The highest BCUT2D eigenvalue weighted by Gasteiger charge is 2.19. The zero-order chi connectivity index (χ0) is 23.0. The number of aromatic hydroxyl groups is 1. The largest absolute Gasteiger partial charge is 0.505 e. The second kappa shape index (κ2) is 8.60. The highest BCUT2D eigenvalue weighted by molar-refractivity contribution is 7.90. The van der Waals surface area contributed by atoms with Gasteiger partial charge in [0, 0.05) is 30.1 Å². The maximum atomic E-state index is 12.5. The van der Waals surface area contributed by atoms with Crippen LogP contribution in [0.25, 0.3) is 22.0 Å². The minimum atomic E-state index is -3.57. The quantitative estimate of drug-likeness (QED) is 0.342. The Bertz CT molecular complexity index is 1420. The molecule has 0 unspecified atom stereocenters. The summed E-state index contributed by atoms with van der Waals surface area (Å²) in [5.74, 6) is -0.192. The van der Waals surface area contributed by atoms with Crippen molar-refractivity contribution < 1.29 is 13.5 Å². The van der Waals surface area contributed by atoms with E-state index in [4.69, 9.17) is 28.9 Å². The van der Waals surface area contributed by atoms with E-state index in [9.17, 15) is 13.5 Å². The van der Waals surface area contributed by atoms with E-state index in [0.29, 0.717) is 34.4 Å². The summed E-state index contributed by atoms with van der Waals surface area (Å²) < 4.78 is 25.0. The molecular weight excluding hydrogens is 469 g/mol. The summed E-state index contributed by atoms with van der Waals surface area (Å²) in [6, 6.07) is 16.0. The van der Waals surface area contributed by atoms with Crippen LogP contribution in [-0.2, 0) is 16.4 Å². The average Bonchev–Trinajstić information content (AvgIpc) is 2.76. The maximum absolute atomic E-state index is 12.5. The number of aromatic nitrogens is 1. The lowest BCUT2D eigenvalue weighted by atomic mass is 10.0. The molecule has 0 aliphatic heterocycles. The van der Waals surface area contributed by atoms with Crippen LogP contribution < -0.4 is 11.1 Å². The summed E-state index contributed by atoms with van der Waals surface area (Å²) in [5.41, 5.74) is 9.76. The van der Waals surface area contributed by atoms with Gasteiger partial charge in [-0.3, -0.25) is 4.98 Å². The number of benzene rings is 3. The number of anilines is 2. The van der Waals surface area contributed by atoms with Gasteiger partial charge in [-0.2, -0.15) is 0 Å². The van der Waals surface area contributed by atoms with Gasteiger partial charge < -0.3 is 16.2 Å². The van der Waals surface area contributed by atoms with Crippen LogP contribution in [0.3, 0.4) is 0 Å². The number of halogens is 2. The van der Waals surface area contributed by atoms with E-state index in [2.05, 4.69) is 10.3 Å². The minimum Gasteiger partial charge on any atom is -0.505 e. The minimum absolute atomic E-state index is 0.0758. The van der Waals surface area contributed by atoms with Crippen LogP contribution in [0.1, 0.15) is 5.56 Å². The molecule has 9 heteroatoms. The summed E-state index contributed by atoms with van der Waals surface area (Å²) >= 11 is 12.2. The molecule has 1 heterocycles. The molecule has 3 aromatic carbocycles. The standard InChI is InChI=1S/C23H19Cl2N3O3S/c1-32(30,31)21-12-27-20-7-4-14(15-9-18(24)23(29)19(25)10-15)8-17(20)22(21)28-16-5-2-13(11-26)3-6-16/h2-10,12,29H,11,26H2,1H3,(H,27,28). The van der Waals surface area contributed by atoms with Gasteiger partial charge in [0.1, 0.15) is 4.90 Å². The Hall–Kier alpha value is -2.84. The number of phenols is 1. The third-order valence-corrected chi connectivity index (χ3v) is 6.73. The summed E-state index contributed by atoms with van der Waals surface area (Å²) in [6.45, 7) is 0.411. The second-order valence-corrected chi connectivity index (χ2v) is 10.1. The first-order valence-corrected chi connectivity index (χ1v) is 12.2. The fourth-order valence-corrected chi connectivity index (χ4v) is 4.63. The first-order chi connectivity index (χ1) is 15.2. The Kier molecular flexibility index (Phi) is 6.01. The lowest BCUT2D eigenvalue weighted by Crippen LogP contribution is -2.05. The van der Waals surface area contributed by atoms with Crippen molar-refractivity contribution in [1.82, 2.24) is 4.98 Å². The fraction of sp³-hybridized carbons (Fsp3) is 0.0870. The van der Waals surface area contributed by atoms with Crippen LogP contribution in [0.15, 0.2) is 65.7 Å². The third kappa shape index (κ3) is 4.38. The number of nitrogens with one attached hydrogen (secondary N) is 1. The highest BCUT2D eigenvalue weighted by Crippen LogP contribution is 2.39. The zero-order valence-electron chi connectivity index (χ0n) is 16.9. The number of phenolic OH excluding ortho intramolecular Hbond substituents is 1. The Balaban J connectivity index is 1.93. The van der Waals surface area contributed by atoms with E-state index in [1.165, 1.54) is 6.20 Å². The highest BCUT2D eigenvalue weighted by atomic mass is 35.5. The van der Waals surface area contributed by atoms with Crippen molar-refractivity contribution in [3.63, 3.8) is 0 Å². The summed E-state index contributed by atoms with van der Waals surface area (Å²) in [4.78, 5) is 4.41. The number of hydrogen-bond acceptors (Lipinski definition) is 6. The topological polar surface area (TPSA) is 105 Å². The molecule has 4 rings (SSSR count). The molecule has 6 nitrogen and oxygen atoms in total. The Morgan fingerprint density at radius 2 is 1.66 bits per heavy atom. The third-order valence-electron chi connectivity index (χ3n) is 5.04. The van der Waals surface area contributed by atoms with Crippen molar-refractivity contribution in [3.8, 4) is 16.9 Å². The molecular formula is C23H19Cl2N3O3S. The molecule has 4 aromatic rings. The molecule has 0 spiro atoms. The smallest absolute Gasteiger partial charge is 0.179 e. The number of nitrogens with two attached hydrogens (primary N) is 1. The fourth-order valence-electron chi connectivity index (χ4n) is 3.36.